The van der Waals surface area contributed by atoms with Crippen LogP contribution in [0.5, 0.6) is 0 Å². The lowest BCUT2D eigenvalue weighted by molar-refractivity contribution is -0.237. The van der Waals surface area contributed by atoms with Crippen LogP contribution in [0.15, 0.2) is 11.9 Å². The zero-order valence-corrected chi connectivity index (χ0v) is 22.4. The summed E-state index contributed by atoms with van der Waals surface area (Å²) >= 11 is 1.02. The van der Waals surface area contributed by atoms with Crippen molar-refractivity contribution >= 4 is 43.2 Å². The molecule has 1 saturated heterocycles. The van der Waals surface area contributed by atoms with Gasteiger partial charge < -0.3 is 32.7 Å². The highest BCUT2D eigenvalue weighted by Crippen LogP contribution is 2.56. The molecule has 0 saturated carbocycles. The first-order valence-electron chi connectivity index (χ1n) is 10.8. The van der Waals surface area contributed by atoms with E-state index in [1.807, 2.05) is 0 Å². The molecule has 1 heterocycles. The van der Waals surface area contributed by atoms with Crippen LogP contribution < -0.4 is 0 Å². The predicted molar refractivity (Wildman–Crippen MR) is 124 cm³/mol. The third-order valence-electron chi connectivity index (χ3n) is 4.35. The lowest BCUT2D eigenvalue weighted by atomic mass is 9.99. The Morgan fingerprint density at radius 1 is 0.829 bits per heavy atom. The van der Waals surface area contributed by atoms with Gasteiger partial charge in [-0.25, -0.2) is 0 Å². The second kappa shape index (κ2) is 14.6. The van der Waals surface area contributed by atoms with E-state index in [9.17, 15) is 23.7 Å². The first-order chi connectivity index (χ1) is 16.3. The van der Waals surface area contributed by atoms with Crippen LogP contribution in [0, 0.1) is 0 Å². The fraction of sp³-hybridized carbons (Fsp3) is 0.714. The van der Waals surface area contributed by atoms with Gasteiger partial charge in [-0.05, 0) is 13.8 Å². The Hall–Kier alpha value is -1.92. The van der Waals surface area contributed by atoms with Gasteiger partial charge in [0.15, 0.2) is 18.3 Å². The van der Waals surface area contributed by atoms with Gasteiger partial charge >= 0.3 is 31.5 Å². The summed E-state index contributed by atoms with van der Waals surface area (Å²) < 4.78 is 50.7. The van der Waals surface area contributed by atoms with E-state index in [1.165, 1.54) is 6.92 Å². The normalized spacial score (nSPS) is 24.2. The maximum atomic E-state index is 13.0. The monoisotopic (exact) mass is 540 g/mol. The van der Waals surface area contributed by atoms with Crippen molar-refractivity contribution in [1.82, 2.24) is 0 Å². The molecule has 5 atom stereocenters. The number of hydrogen-bond acceptors (Lipinski definition) is 13. The van der Waals surface area contributed by atoms with E-state index in [2.05, 4.69) is 6.58 Å². The number of rotatable bonds is 13. The quantitative estimate of drug-likeness (QED) is 0.191. The molecule has 0 aliphatic carbocycles. The molecule has 12 nitrogen and oxygen atoms in total. The summed E-state index contributed by atoms with van der Waals surface area (Å²) in [5.41, 5.74) is -1.02. The molecule has 0 aromatic rings. The van der Waals surface area contributed by atoms with Gasteiger partial charge in [-0.3, -0.25) is 23.7 Å². The highest BCUT2D eigenvalue weighted by atomic mass is 32.2. The van der Waals surface area contributed by atoms with Crippen molar-refractivity contribution in [2.75, 3.05) is 25.6 Å². The molecule has 35 heavy (non-hydrogen) atoms. The van der Waals surface area contributed by atoms with Gasteiger partial charge in [-0.1, -0.05) is 6.58 Å². The first-order valence-corrected chi connectivity index (χ1v) is 13.4. The number of esters is 4. The molecule has 1 aliphatic rings. The molecule has 0 N–H and O–H groups in total. The Kier molecular flexibility index (Phi) is 13.0. The Labute approximate surface area is 208 Å². The van der Waals surface area contributed by atoms with E-state index in [1.54, 1.807) is 13.8 Å². The van der Waals surface area contributed by atoms with Gasteiger partial charge in [0.25, 0.3) is 0 Å². The molecule has 1 rings (SSSR count). The maximum Gasteiger partial charge on any atom is 0.357 e. The van der Waals surface area contributed by atoms with Gasteiger partial charge in [-0.15, -0.1) is 11.8 Å². The summed E-state index contributed by atoms with van der Waals surface area (Å²) in [6.07, 6.45) is -4.84. The Bertz CT molecular complexity index is 821. The fourth-order valence-electron chi connectivity index (χ4n) is 3.14. The summed E-state index contributed by atoms with van der Waals surface area (Å²) in [4.78, 5) is 46.9. The third-order valence-corrected chi connectivity index (χ3v) is 7.91. The minimum atomic E-state index is -3.64. The maximum absolute atomic E-state index is 13.0. The summed E-state index contributed by atoms with van der Waals surface area (Å²) in [5.74, 6) is -2.80. The first kappa shape index (κ1) is 31.1. The number of thioether (sulfide) groups is 1. The molecular weight excluding hydrogens is 507 g/mol. The highest BCUT2D eigenvalue weighted by Gasteiger charge is 2.52. The molecule has 0 aromatic carbocycles. The van der Waals surface area contributed by atoms with Crippen molar-refractivity contribution in [2.24, 2.45) is 0 Å². The SMILES string of the molecule is C=C(CS[C@@H]1O[C@H](COC(C)=O)[C@@H](OC(C)=O)[C@H](OC(C)=O)[C@H]1OC(C)=O)P(=O)(OCC)OCC. The standard InChI is InChI=1S/C21H33O12PS/c1-8-28-34(26,29-9-2)12(3)11-35-21-20(32-16(7)25)19(31-15(6)24)18(30-14(5)23)17(33-21)10-27-13(4)22/h17-21H,3,8-11H2,1-2,4-7H3/t17-,18-,19+,20-,21+/m1/s1. The van der Waals surface area contributed by atoms with E-state index >= 15 is 0 Å². The summed E-state index contributed by atoms with van der Waals surface area (Å²) in [7, 11) is -3.64. The molecule has 0 aromatic heterocycles. The van der Waals surface area contributed by atoms with Crippen LogP contribution in [0.3, 0.4) is 0 Å². The van der Waals surface area contributed by atoms with Crippen molar-refractivity contribution in [3.63, 3.8) is 0 Å². The summed E-state index contributed by atoms with van der Waals surface area (Å²) in [6.45, 7) is 11.6. The van der Waals surface area contributed by atoms with Crippen LogP contribution in [-0.2, 0) is 56.5 Å². The van der Waals surface area contributed by atoms with Crippen LogP contribution in [0.25, 0.3) is 0 Å². The Morgan fingerprint density at radius 2 is 1.31 bits per heavy atom. The van der Waals surface area contributed by atoms with Gasteiger partial charge in [0.05, 0.1) is 13.2 Å². The van der Waals surface area contributed by atoms with Gasteiger partial charge in [-0.2, -0.15) is 0 Å². The molecular formula is C21H33O12PS. The minimum Gasteiger partial charge on any atom is -0.463 e. The molecule has 1 fully saturated rings. The third kappa shape index (κ3) is 9.92. The molecule has 0 bridgehead atoms. The lowest BCUT2D eigenvalue weighted by Crippen LogP contribution is -2.61. The summed E-state index contributed by atoms with van der Waals surface area (Å²) in [6, 6.07) is 0. The van der Waals surface area contributed by atoms with Crippen molar-refractivity contribution < 1.29 is 56.5 Å². The van der Waals surface area contributed by atoms with Crippen LogP contribution in [-0.4, -0.2) is 79.3 Å². The highest BCUT2D eigenvalue weighted by molar-refractivity contribution is 8.00. The number of carbonyl (C=O) groups is 4. The topological polar surface area (TPSA) is 150 Å². The second-order valence-corrected chi connectivity index (χ2v) is 10.5. The number of carbonyl (C=O) groups excluding carboxylic acids is 4. The van der Waals surface area contributed by atoms with Crippen molar-refractivity contribution in [3.8, 4) is 0 Å². The zero-order valence-electron chi connectivity index (χ0n) is 20.7. The molecule has 14 heteroatoms. The summed E-state index contributed by atoms with van der Waals surface area (Å²) in [5, 5.41) is 0.138. The Balaban J connectivity index is 3.31. The smallest absolute Gasteiger partial charge is 0.357 e. The van der Waals surface area contributed by atoms with Crippen molar-refractivity contribution in [3.05, 3.63) is 11.9 Å². The van der Waals surface area contributed by atoms with Crippen LogP contribution in [0.4, 0.5) is 0 Å². The van der Waals surface area contributed by atoms with Crippen LogP contribution in [0.2, 0.25) is 0 Å². The number of hydrogen-bond donors (Lipinski definition) is 0. The minimum absolute atomic E-state index is 0.00891. The van der Waals surface area contributed by atoms with E-state index in [0.29, 0.717) is 0 Å². The lowest BCUT2D eigenvalue weighted by Gasteiger charge is -2.44. The molecule has 1 aliphatic heterocycles. The Morgan fingerprint density at radius 3 is 1.77 bits per heavy atom. The van der Waals surface area contributed by atoms with E-state index in [0.717, 1.165) is 32.5 Å². The van der Waals surface area contributed by atoms with E-state index in [-0.39, 0.29) is 30.9 Å². The molecule has 200 valence electrons. The van der Waals surface area contributed by atoms with Crippen LogP contribution in [0.1, 0.15) is 41.5 Å². The average molecular weight is 541 g/mol. The molecule has 0 unspecified atom stereocenters. The van der Waals surface area contributed by atoms with Gasteiger partial charge in [0.2, 0.25) is 0 Å². The predicted octanol–water partition coefficient (Wildman–Crippen LogP) is 2.58. The van der Waals surface area contributed by atoms with E-state index < -0.39 is 61.3 Å². The second-order valence-electron chi connectivity index (χ2n) is 7.28. The fourth-order valence-corrected chi connectivity index (χ4v) is 6.09. The number of ether oxygens (including phenoxy) is 5. The van der Waals surface area contributed by atoms with Crippen LogP contribution >= 0.6 is 19.4 Å². The average Bonchev–Trinajstić information content (AvgIpc) is 2.73. The molecule has 0 radical (unpaired) electrons. The largest absolute Gasteiger partial charge is 0.463 e. The zero-order chi connectivity index (χ0) is 26.8. The van der Waals surface area contributed by atoms with E-state index in [4.69, 9.17) is 32.7 Å². The van der Waals surface area contributed by atoms with Gasteiger partial charge in [0.1, 0.15) is 18.1 Å². The van der Waals surface area contributed by atoms with Crippen molar-refractivity contribution in [2.45, 2.75) is 71.4 Å². The van der Waals surface area contributed by atoms with Crippen molar-refractivity contribution in [1.29, 1.82) is 0 Å². The molecule has 0 spiro atoms. The van der Waals surface area contributed by atoms with Gasteiger partial charge in [0, 0.05) is 38.8 Å². The molecule has 0 amide bonds.